The minimum Gasteiger partial charge on any atom is -0.451 e. The third kappa shape index (κ3) is 4.25. The molecule has 0 aliphatic rings. The second-order valence-corrected chi connectivity index (χ2v) is 8.94. The van der Waals surface area contributed by atoms with E-state index in [-0.39, 0.29) is 5.91 Å². The number of benzene rings is 1. The van der Waals surface area contributed by atoms with Crippen LogP contribution in [-0.2, 0) is 5.75 Å². The third-order valence-electron chi connectivity index (χ3n) is 4.22. The zero-order chi connectivity index (χ0) is 20.4. The zero-order valence-electron chi connectivity index (χ0n) is 16.2. The van der Waals surface area contributed by atoms with Gasteiger partial charge in [-0.2, -0.15) is 0 Å². The van der Waals surface area contributed by atoms with Crippen molar-refractivity contribution in [1.29, 1.82) is 0 Å². The van der Waals surface area contributed by atoms with E-state index in [0.29, 0.717) is 22.8 Å². The first-order valence-corrected chi connectivity index (χ1v) is 10.7. The van der Waals surface area contributed by atoms with Gasteiger partial charge in [0, 0.05) is 30.8 Å². The molecule has 7 nitrogen and oxygen atoms in total. The number of furan rings is 1. The van der Waals surface area contributed by atoms with Crippen LogP contribution in [0.3, 0.4) is 0 Å². The maximum atomic E-state index is 13.0. The van der Waals surface area contributed by atoms with Gasteiger partial charge in [-0.1, -0.05) is 41.3 Å². The molecule has 0 unspecified atom stereocenters. The number of pyridine rings is 1. The lowest BCUT2D eigenvalue weighted by molar-refractivity contribution is 0.0998. The molecular formula is C20H19N5O2S2. The molecule has 0 saturated carbocycles. The Bertz CT molecular complexity index is 1150. The molecule has 0 atom stereocenters. The molecule has 0 fully saturated rings. The fourth-order valence-electron chi connectivity index (χ4n) is 2.81. The van der Waals surface area contributed by atoms with Crippen LogP contribution in [-0.4, -0.2) is 35.2 Å². The summed E-state index contributed by atoms with van der Waals surface area (Å²) in [5.74, 6) is 1.38. The van der Waals surface area contributed by atoms with E-state index in [4.69, 9.17) is 4.42 Å². The fraction of sp³-hybridized carbons (Fsp3) is 0.200. The van der Waals surface area contributed by atoms with E-state index in [1.54, 1.807) is 18.0 Å². The molecule has 3 heterocycles. The van der Waals surface area contributed by atoms with Gasteiger partial charge >= 0.3 is 0 Å². The highest BCUT2D eigenvalue weighted by Gasteiger charge is 2.21. The molecule has 0 aliphatic carbocycles. The number of carbonyl (C=O) groups is 1. The van der Waals surface area contributed by atoms with Gasteiger partial charge in [0.15, 0.2) is 10.1 Å². The second-order valence-electron chi connectivity index (χ2n) is 6.54. The Morgan fingerprint density at radius 1 is 1.21 bits per heavy atom. The smallest absolute Gasteiger partial charge is 0.291 e. The van der Waals surface area contributed by atoms with Crippen LogP contribution in [0.25, 0.3) is 11.0 Å². The van der Waals surface area contributed by atoms with Crippen molar-refractivity contribution in [3.63, 3.8) is 0 Å². The van der Waals surface area contributed by atoms with Crippen molar-refractivity contribution in [2.45, 2.75) is 17.0 Å². The van der Waals surface area contributed by atoms with Crippen molar-refractivity contribution in [2.24, 2.45) is 0 Å². The van der Waals surface area contributed by atoms with E-state index in [0.717, 1.165) is 26.1 Å². The first-order valence-electron chi connectivity index (χ1n) is 8.89. The van der Waals surface area contributed by atoms with Crippen LogP contribution in [0.4, 0.5) is 11.5 Å². The van der Waals surface area contributed by atoms with Crippen LogP contribution in [0.5, 0.6) is 0 Å². The summed E-state index contributed by atoms with van der Waals surface area (Å²) in [4.78, 5) is 19.2. The minimum absolute atomic E-state index is 0.301. The van der Waals surface area contributed by atoms with Gasteiger partial charge in [0.2, 0.25) is 0 Å². The van der Waals surface area contributed by atoms with E-state index in [2.05, 4.69) is 20.5 Å². The van der Waals surface area contributed by atoms with E-state index in [9.17, 15) is 4.79 Å². The summed E-state index contributed by atoms with van der Waals surface area (Å²) >= 11 is 3.08. The van der Waals surface area contributed by atoms with Gasteiger partial charge in [0.05, 0.1) is 11.9 Å². The van der Waals surface area contributed by atoms with Crippen LogP contribution in [0, 0.1) is 6.92 Å². The van der Waals surface area contributed by atoms with E-state index in [1.165, 1.54) is 11.3 Å². The van der Waals surface area contributed by atoms with Gasteiger partial charge in [-0.25, -0.2) is 4.98 Å². The number of hydrogen-bond acceptors (Lipinski definition) is 8. The van der Waals surface area contributed by atoms with Gasteiger partial charge in [0.25, 0.3) is 5.91 Å². The Morgan fingerprint density at radius 2 is 2.03 bits per heavy atom. The topological polar surface area (TPSA) is 84.2 Å². The Morgan fingerprint density at radius 3 is 2.72 bits per heavy atom. The fourth-order valence-corrected chi connectivity index (χ4v) is 4.65. The molecule has 4 rings (SSSR count). The molecule has 0 aliphatic heterocycles. The molecule has 0 radical (unpaired) electrons. The summed E-state index contributed by atoms with van der Waals surface area (Å²) in [6.45, 7) is 1.92. The molecule has 0 bridgehead atoms. The number of fused-ring (bicyclic) bond motifs is 1. The molecule has 29 heavy (non-hydrogen) atoms. The summed E-state index contributed by atoms with van der Waals surface area (Å²) < 4.78 is 6.77. The van der Waals surface area contributed by atoms with Crippen LogP contribution in [0.15, 0.2) is 51.4 Å². The van der Waals surface area contributed by atoms with Crippen LogP contribution >= 0.6 is 23.1 Å². The molecule has 1 amide bonds. The highest BCUT2D eigenvalue weighted by atomic mass is 32.2. The quantitative estimate of drug-likeness (QED) is 0.452. The summed E-state index contributed by atoms with van der Waals surface area (Å²) in [6.07, 6.45) is 1.63. The second kappa shape index (κ2) is 8.22. The number of carbonyl (C=O) groups excluding carboxylic acids is 1. The number of nitrogens with zero attached hydrogens (tertiary/aromatic N) is 4. The number of thioether (sulfide) groups is 1. The maximum absolute atomic E-state index is 13.0. The number of hydrogen-bond donors (Lipinski definition) is 1. The van der Waals surface area contributed by atoms with Crippen LogP contribution < -0.4 is 10.2 Å². The Labute approximate surface area is 176 Å². The lowest BCUT2D eigenvalue weighted by Gasteiger charge is -2.11. The highest BCUT2D eigenvalue weighted by molar-refractivity contribution is 8.00. The zero-order valence-corrected chi connectivity index (χ0v) is 17.8. The predicted molar refractivity (Wildman–Crippen MR) is 117 cm³/mol. The number of nitrogens with one attached hydrogen (secondary N) is 1. The Balaban J connectivity index is 1.60. The summed E-state index contributed by atoms with van der Waals surface area (Å²) in [5.41, 5.74) is 2.14. The molecular weight excluding hydrogens is 406 g/mol. The van der Waals surface area contributed by atoms with Crippen LogP contribution in [0.1, 0.15) is 21.1 Å². The summed E-state index contributed by atoms with van der Waals surface area (Å²) in [6, 6.07) is 11.3. The van der Waals surface area contributed by atoms with Gasteiger partial charge in [0.1, 0.15) is 16.4 Å². The van der Waals surface area contributed by atoms with Gasteiger partial charge in [-0.3, -0.25) is 4.79 Å². The number of anilines is 2. The van der Waals surface area contributed by atoms with E-state index in [1.807, 2.05) is 62.3 Å². The first-order chi connectivity index (χ1) is 14.0. The number of para-hydroxylation sites is 1. The van der Waals surface area contributed by atoms with Crippen molar-refractivity contribution in [3.05, 3.63) is 58.9 Å². The standard InChI is InChI=1S/C20H19N5O2S2/c1-12-23-24-20(29-12)28-11-15-14-6-4-5-7-16(14)27-18(15)19(26)22-13-8-9-17(21-10-13)25(2)3/h4-10H,11H2,1-3H3,(H,22,26). The molecule has 148 valence electrons. The molecule has 0 spiro atoms. The lowest BCUT2D eigenvalue weighted by Crippen LogP contribution is -2.14. The first kappa shape index (κ1) is 19.4. The SMILES string of the molecule is Cc1nnc(SCc2c(C(=O)Nc3ccc(N(C)C)nc3)oc3ccccc23)s1. The number of rotatable bonds is 6. The van der Waals surface area contributed by atoms with Crippen molar-refractivity contribution >= 4 is 51.5 Å². The molecule has 4 aromatic rings. The van der Waals surface area contributed by atoms with Gasteiger partial charge in [-0.15, -0.1) is 10.2 Å². The Hall–Kier alpha value is -2.91. The largest absolute Gasteiger partial charge is 0.451 e. The van der Waals surface area contributed by atoms with E-state index >= 15 is 0 Å². The number of aryl methyl sites for hydroxylation is 1. The normalized spacial score (nSPS) is 11.0. The number of aromatic nitrogens is 3. The van der Waals surface area contributed by atoms with E-state index < -0.39 is 0 Å². The summed E-state index contributed by atoms with van der Waals surface area (Å²) in [7, 11) is 3.83. The monoisotopic (exact) mass is 425 g/mol. The van der Waals surface area contributed by atoms with Crippen molar-refractivity contribution in [1.82, 2.24) is 15.2 Å². The summed E-state index contributed by atoms with van der Waals surface area (Å²) in [5, 5.41) is 12.9. The predicted octanol–water partition coefficient (Wildman–Crippen LogP) is 4.60. The molecule has 9 heteroatoms. The lowest BCUT2D eigenvalue weighted by atomic mass is 10.1. The average Bonchev–Trinajstić information content (AvgIpc) is 3.30. The Kier molecular flexibility index (Phi) is 5.50. The van der Waals surface area contributed by atoms with Crippen LogP contribution in [0.2, 0.25) is 0 Å². The maximum Gasteiger partial charge on any atom is 0.291 e. The highest BCUT2D eigenvalue weighted by Crippen LogP contribution is 2.33. The third-order valence-corrected chi connectivity index (χ3v) is 6.21. The van der Waals surface area contributed by atoms with Gasteiger partial charge < -0.3 is 14.6 Å². The van der Waals surface area contributed by atoms with Crippen molar-refractivity contribution < 1.29 is 9.21 Å². The van der Waals surface area contributed by atoms with Crippen molar-refractivity contribution in [2.75, 3.05) is 24.3 Å². The number of amides is 1. The minimum atomic E-state index is -0.301. The molecule has 0 saturated heterocycles. The average molecular weight is 426 g/mol. The molecule has 3 aromatic heterocycles. The van der Waals surface area contributed by atoms with Gasteiger partial charge in [-0.05, 0) is 25.1 Å². The molecule has 1 aromatic carbocycles. The van der Waals surface area contributed by atoms with Crippen molar-refractivity contribution in [3.8, 4) is 0 Å². The molecule has 1 N–H and O–H groups in total.